The average molecular weight is 283 g/mol. The number of unbranched alkanes of at least 4 members (excludes halogenated alkanes) is 6. The first-order valence-corrected chi connectivity index (χ1v) is 8.20. The van der Waals surface area contributed by atoms with E-state index in [2.05, 4.69) is 22.4 Å². The molecule has 19 heavy (non-hydrogen) atoms. The largest absolute Gasteiger partial charge is 0.301 e. The molecule has 0 bridgehead atoms. The summed E-state index contributed by atoms with van der Waals surface area (Å²) in [6.45, 7) is 4.26. The molecule has 0 saturated heterocycles. The normalized spacial score (nSPS) is 10.6. The molecule has 0 aliphatic carbocycles. The minimum Gasteiger partial charge on any atom is -0.301 e. The van der Waals surface area contributed by atoms with Crippen LogP contribution in [0.5, 0.6) is 0 Å². The number of aryl methyl sites for hydroxylation is 1. The zero-order valence-corrected chi connectivity index (χ0v) is 12.9. The highest BCUT2D eigenvalue weighted by Gasteiger charge is 2.06. The Hall–Kier alpha value is -0.970. The number of aromatic nitrogens is 2. The Kier molecular flexibility index (Phi) is 8.38. The highest BCUT2D eigenvalue weighted by atomic mass is 32.1. The van der Waals surface area contributed by atoms with E-state index in [1.807, 2.05) is 6.92 Å². The van der Waals surface area contributed by atoms with Crippen molar-refractivity contribution in [2.24, 2.45) is 0 Å². The van der Waals surface area contributed by atoms with Gasteiger partial charge in [0.1, 0.15) is 5.01 Å². The van der Waals surface area contributed by atoms with Crippen LogP contribution in [-0.2, 0) is 11.2 Å². The van der Waals surface area contributed by atoms with Gasteiger partial charge in [-0.25, -0.2) is 0 Å². The first-order valence-electron chi connectivity index (χ1n) is 7.38. The molecule has 1 rings (SSSR count). The van der Waals surface area contributed by atoms with E-state index in [0.29, 0.717) is 11.6 Å². The lowest BCUT2D eigenvalue weighted by molar-refractivity contribution is -0.116. The highest BCUT2D eigenvalue weighted by Crippen LogP contribution is 2.16. The maximum absolute atomic E-state index is 11.7. The van der Waals surface area contributed by atoms with E-state index in [0.717, 1.165) is 24.3 Å². The molecule has 1 aromatic rings. The van der Waals surface area contributed by atoms with Crippen molar-refractivity contribution in [1.29, 1.82) is 0 Å². The molecule has 0 spiro atoms. The predicted octanol–water partition coefficient (Wildman–Crippen LogP) is 4.18. The fourth-order valence-electron chi connectivity index (χ4n) is 1.87. The minimum absolute atomic E-state index is 0.0624. The van der Waals surface area contributed by atoms with Crippen LogP contribution < -0.4 is 5.32 Å². The SMILES string of the molecule is CCCCCCCCCC(=O)Nc1nnc(CC)s1. The Morgan fingerprint density at radius 2 is 1.74 bits per heavy atom. The molecule has 0 radical (unpaired) electrons. The zero-order chi connectivity index (χ0) is 13.9. The number of carbonyl (C=O) groups excluding carboxylic acids is 1. The summed E-state index contributed by atoms with van der Waals surface area (Å²) in [4.78, 5) is 11.7. The molecule has 0 aliphatic rings. The molecular weight excluding hydrogens is 258 g/mol. The molecule has 1 heterocycles. The third kappa shape index (κ3) is 7.25. The van der Waals surface area contributed by atoms with Gasteiger partial charge in [-0.05, 0) is 12.8 Å². The number of rotatable bonds is 10. The van der Waals surface area contributed by atoms with Gasteiger partial charge in [0.25, 0.3) is 0 Å². The molecule has 0 atom stereocenters. The second-order valence-corrected chi connectivity index (χ2v) is 5.84. The van der Waals surface area contributed by atoms with Gasteiger partial charge in [-0.1, -0.05) is 63.7 Å². The number of hydrogen-bond donors (Lipinski definition) is 1. The average Bonchev–Trinajstić information content (AvgIpc) is 2.85. The van der Waals surface area contributed by atoms with E-state index in [4.69, 9.17) is 0 Å². The molecule has 1 N–H and O–H groups in total. The second kappa shape index (κ2) is 9.89. The Morgan fingerprint density at radius 3 is 2.37 bits per heavy atom. The first-order chi connectivity index (χ1) is 9.26. The molecule has 5 heteroatoms. The third-order valence-electron chi connectivity index (χ3n) is 3.02. The van der Waals surface area contributed by atoms with Crippen molar-refractivity contribution >= 4 is 22.4 Å². The molecular formula is C14H25N3OS. The molecule has 0 saturated carbocycles. The second-order valence-electron chi connectivity index (χ2n) is 4.77. The Labute approximate surface area is 120 Å². The molecule has 1 aromatic heterocycles. The van der Waals surface area contributed by atoms with E-state index in [1.54, 1.807) is 0 Å². The first kappa shape index (κ1) is 16.1. The lowest BCUT2D eigenvalue weighted by Crippen LogP contribution is -2.10. The molecule has 1 amide bonds. The van der Waals surface area contributed by atoms with Gasteiger partial charge in [-0.3, -0.25) is 4.79 Å². The summed E-state index contributed by atoms with van der Waals surface area (Å²) in [7, 11) is 0. The summed E-state index contributed by atoms with van der Waals surface area (Å²) in [6.07, 6.45) is 10.1. The van der Waals surface area contributed by atoms with E-state index in [-0.39, 0.29) is 5.91 Å². The van der Waals surface area contributed by atoms with Crippen LogP contribution in [-0.4, -0.2) is 16.1 Å². The van der Waals surface area contributed by atoms with E-state index >= 15 is 0 Å². The Bertz CT molecular complexity index is 365. The molecule has 108 valence electrons. The molecule has 0 aliphatic heterocycles. The molecule has 0 unspecified atom stereocenters. The lowest BCUT2D eigenvalue weighted by atomic mass is 10.1. The Morgan fingerprint density at radius 1 is 1.05 bits per heavy atom. The minimum atomic E-state index is 0.0624. The summed E-state index contributed by atoms with van der Waals surface area (Å²) in [5.41, 5.74) is 0. The van der Waals surface area contributed by atoms with Gasteiger partial charge >= 0.3 is 0 Å². The van der Waals surface area contributed by atoms with Gasteiger partial charge in [0.2, 0.25) is 11.0 Å². The van der Waals surface area contributed by atoms with Crippen LogP contribution in [0, 0.1) is 0 Å². The summed E-state index contributed by atoms with van der Waals surface area (Å²) in [6, 6.07) is 0. The number of anilines is 1. The summed E-state index contributed by atoms with van der Waals surface area (Å²) < 4.78 is 0. The number of nitrogens with one attached hydrogen (secondary N) is 1. The topological polar surface area (TPSA) is 54.9 Å². The van der Waals surface area contributed by atoms with Crippen molar-refractivity contribution in [3.05, 3.63) is 5.01 Å². The van der Waals surface area contributed by atoms with E-state index < -0.39 is 0 Å². The summed E-state index contributed by atoms with van der Waals surface area (Å²) >= 11 is 1.46. The standard InChI is InChI=1S/C14H25N3OS/c1-3-5-6-7-8-9-10-11-12(18)15-14-17-16-13(4-2)19-14/h3-11H2,1-2H3,(H,15,17,18). The van der Waals surface area contributed by atoms with Crippen molar-refractivity contribution in [2.45, 2.75) is 71.6 Å². The number of amides is 1. The zero-order valence-electron chi connectivity index (χ0n) is 12.1. The van der Waals surface area contributed by atoms with Gasteiger partial charge in [0, 0.05) is 6.42 Å². The van der Waals surface area contributed by atoms with Gasteiger partial charge < -0.3 is 5.32 Å². The van der Waals surface area contributed by atoms with Gasteiger partial charge in [-0.15, -0.1) is 10.2 Å². The van der Waals surface area contributed by atoms with Crippen LogP contribution in [0.15, 0.2) is 0 Å². The third-order valence-corrected chi connectivity index (χ3v) is 4.01. The molecule has 0 aromatic carbocycles. The van der Waals surface area contributed by atoms with Crippen LogP contribution in [0.2, 0.25) is 0 Å². The smallest absolute Gasteiger partial charge is 0.226 e. The Balaban J connectivity index is 2.04. The van der Waals surface area contributed by atoms with Crippen LogP contribution in [0.3, 0.4) is 0 Å². The lowest BCUT2D eigenvalue weighted by Gasteiger charge is -2.01. The van der Waals surface area contributed by atoms with Crippen molar-refractivity contribution in [3.63, 3.8) is 0 Å². The monoisotopic (exact) mass is 283 g/mol. The van der Waals surface area contributed by atoms with Crippen LogP contribution in [0.1, 0.15) is 70.2 Å². The highest BCUT2D eigenvalue weighted by molar-refractivity contribution is 7.15. The van der Waals surface area contributed by atoms with Crippen molar-refractivity contribution in [3.8, 4) is 0 Å². The van der Waals surface area contributed by atoms with E-state index in [1.165, 1.54) is 43.4 Å². The van der Waals surface area contributed by atoms with Crippen LogP contribution >= 0.6 is 11.3 Å². The molecule has 4 nitrogen and oxygen atoms in total. The maximum atomic E-state index is 11.7. The van der Waals surface area contributed by atoms with Crippen molar-refractivity contribution < 1.29 is 4.79 Å². The quantitative estimate of drug-likeness (QED) is 0.655. The fourth-order valence-corrected chi connectivity index (χ4v) is 2.57. The maximum Gasteiger partial charge on any atom is 0.226 e. The van der Waals surface area contributed by atoms with Gasteiger partial charge in [-0.2, -0.15) is 0 Å². The van der Waals surface area contributed by atoms with Crippen molar-refractivity contribution in [1.82, 2.24) is 10.2 Å². The van der Waals surface area contributed by atoms with Gasteiger partial charge in [0.05, 0.1) is 0 Å². The summed E-state index contributed by atoms with van der Waals surface area (Å²) in [5, 5.41) is 12.3. The fraction of sp³-hybridized carbons (Fsp3) is 0.786. The number of hydrogen-bond acceptors (Lipinski definition) is 4. The predicted molar refractivity (Wildman–Crippen MR) is 80.5 cm³/mol. The van der Waals surface area contributed by atoms with Crippen LogP contribution in [0.4, 0.5) is 5.13 Å². The molecule has 0 fully saturated rings. The van der Waals surface area contributed by atoms with E-state index in [9.17, 15) is 4.79 Å². The van der Waals surface area contributed by atoms with Crippen LogP contribution in [0.25, 0.3) is 0 Å². The number of carbonyl (C=O) groups is 1. The van der Waals surface area contributed by atoms with Crippen molar-refractivity contribution in [2.75, 3.05) is 5.32 Å². The summed E-state index contributed by atoms with van der Waals surface area (Å²) in [5.74, 6) is 0.0624. The van der Waals surface area contributed by atoms with Gasteiger partial charge in [0.15, 0.2) is 0 Å². The number of nitrogens with zero attached hydrogens (tertiary/aromatic N) is 2.